The molecule has 0 saturated carbocycles. The monoisotopic (exact) mass is 764 g/mol. The third-order valence-corrected chi connectivity index (χ3v) is 45.6. The molecule has 0 aromatic rings. The van der Waals surface area contributed by atoms with Gasteiger partial charge in [-0.3, -0.25) is 4.18 Å². The smallest absolute Gasteiger partial charge is 0.374 e. The van der Waals surface area contributed by atoms with Gasteiger partial charge >= 0.3 is 70.4 Å². The molecule has 6 rings (SSSR count). The van der Waals surface area contributed by atoms with E-state index in [1.54, 1.807) is 32.7 Å². The summed E-state index contributed by atoms with van der Waals surface area (Å²) < 4.78 is 134. The van der Waals surface area contributed by atoms with E-state index in [0.29, 0.717) is 12.5 Å². The van der Waals surface area contributed by atoms with Gasteiger partial charge in [-0.05, 0) is 0 Å². The van der Waals surface area contributed by atoms with Crippen LogP contribution in [0.25, 0.3) is 0 Å². The summed E-state index contributed by atoms with van der Waals surface area (Å²) in [6, 6.07) is -0.277. The number of hydrogen-bond acceptors (Lipinski definition) is 17. The molecule has 0 aromatic carbocycles. The quantitative estimate of drug-likeness (QED) is 0.231. The molecule has 6 aliphatic heterocycles. The van der Waals surface area contributed by atoms with Gasteiger partial charge in [0.25, 0.3) is 10.1 Å². The standard InChI is InChI=1S/C14H36O17S2Si8/c1-9-12-39-24-34(4)20-35(5)22-37(7,27-39)29-40(13-10-32(3,15)16)30-38(8,28-39)23-36(6,21-34)26-41(25-35,31-40)14-11-33(17,18)19-2/h9-14H2,1-8H3. The summed E-state index contributed by atoms with van der Waals surface area (Å²) in [4.78, 5) is 0. The van der Waals surface area contributed by atoms with Crippen LogP contribution in [0.5, 0.6) is 0 Å². The minimum atomic E-state index is -4.33. The van der Waals surface area contributed by atoms with Crippen molar-refractivity contribution in [3.8, 4) is 0 Å². The van der Waals surface area contributed by atoms with Gasteiger partial charge in [0.1, 0.15) is 9.84 Å². The summed E-state index contributed by atoms with van der Waals surface area (Å²) in [5, 5.41) is 0. The Hall–Kier alpha value is 1.12. The molecule has 27 heteroatoms. The lowest BCUT2D eigenvalue weighted by Crippen LogP contribution is -2.87. The molecule has 0 radical (unpaired) electrons. The molecular formula is C14H36O17S2Si8. The lowest BCUT2D eigenvalue weighted by molar-refractivity contribution is -0.0219. The van der Waals surface area contributed by atoms with Crippen molar-refractivity contribution in [2.24, 2.45) is 0 Å². The molecule has 6 saturated heterocycles. The van der Waals surface area contributed by atoms with Crippen LogP contribution in [0.1, 0.15) is 13.3 Å². The minimum absolute atomic E-state index is 0.261. The average molecular weight is 765 g/mol. The van der Waals surface area contributed by atoms with Crippen molar-refractivity contribution < 1.29 is 70.4 Å². The minimum Gasteiger partial charge on any atom is -0.374 e. The third kappa shape index (κ3) is 7.10. The van der Waals surface area contributed by atoms with Crippen molar-refractivity contribution in [1.82, 2.24) is 0 Å². The Morgan fingerprint density at radius 2 is 0.829 bits per heavy atom. The molecule has 6 aliphatic rings. The highest BCUT2D eigenvalue weighted by atomic mass is 32.2. The van der Waals surface area contributed by atoms with E-state index in [1.165, 1.54) is 0 Å². The zero-order chi connectivity index (χ0) is 30.4. The highest BCUT2D eigenvalue weighted by molar-refractivity contribution is 7.90. The van der Waals surface area contributed by atoms with Gasteiger partial charge in [-0.15, -0.1) is 0 Å². The highest BCUT2D eigenvalue weighted by Crippen LogP contribution is 2.50. The van der Waals surface area contributed by atoms with Crippen molar-refractivity contribution in [2.75, 3.05) is 24.9 Å². The average Bonchev–Trinajstić information content (AvgIpc) is 2.70. The van der Waals surface area contributed by atoms with Gasteiger partial charge in [-0.25, -0.2) is 8.42 Å². The van der Waals surface area contributed by atoms with E-state index in [9.17, 15) is 16.8 Å². The van der Waals surface area contributed by atoms with Gasteiger partial charge in [-0.1, -0.05) is 13.3 Å². The van der Waals surface area contributed by atoms with Crippen molar-refractivity contribution in [3.63, 3.8) is 0 Å². The summed E-state index contributed by atoms with van der Waals surface area (Å²) in [6.07, 6.45) is 1.66. The lowest BCUT2D eigenvalue weighted by atomic mass is 10.6. The Morgan fingerprint density at radius 1 is 0.512 bits per heavy atom. The molecule has 0 spiro atoms. The first kappa shape index (κ1) is 33.5. The molecule has 0 aromatic heterocycles. The maximum Gasteiger partial charge on any atom is 0.479 e. The first-order chi connectivity index (χ1) is 18.5. The molecule has 6 fully saturated rings. The van der Waals surface area contributed by atoms with Crippen LogP contribution in [0, 0.1) is 0 Å². The molecule has 6 heterocycles. The van der Waals surface area contributed by atoms with Crippen LogP contribution < -0.4 is 0 Å². The molecule has 0 aliphatic carbocycles. The van der Waals surface area contributed by atoms with Crippen molar-refractivity contribution in [2.45, 2.75) is 64.2 Å². The van der Waals surface area contributed by atoms with Crippen LogP contribution in [-0.4, -0.2) is 112 Å². The second-order valence-electron chi connectivity index (χ2n) is 10.9. The molecule has 238 valence electrons. The Morgan fingerprint density at radius 3 is 1.15 bits per heavy atom. The Balaban J connectivity index is 1.76. The summed E-state index contributed by atoms with van der Waals surface area (Å²) in [7, 11) is -38.5. The Bertz CT molecular complexity index is 1250. The van der Waals surface area contributed by atoms with Crippen molar-refractivity contribution in [3.05, 3.63) is 0 Å². The van der Waals surface area contributed by atoms with Crippen LogP contribution in [0.15, 0.2) is 0 Å². The molecule has 0 amide bonds. The van der Waals surface area contributed by atoms with Crippen molar-refractivity contribution in [1.29, 1.82) is 0 Å². The van der Waals surface area contributed by atoms with Crippen LogP contribution in [-0.2, 0) is 73.5 Å². The van der Waals surface area contributed by atoms with E-state index in [1.807, 2.05) is 6.92 Å². The number of sulfone groups is 1. The normalized spacial score (nSPS) is 49.7. The van der Waals surface area contributed by atoms with Crippen LogP contribution in [0.2, 0.25) is 50.9 Å². The predicted octanol–water partition coefficient (Wildman–Crippen LogP) is 0.345. The van der Waals surface area contributed by atoms with Gasteiger partial charge in [0.2, 0.25) is 0 Å². The van der Waals surface area contributed by atoms with Crippen LogP contribution in [0.3, 0.4) is 0 Å². The van der Waals surface area contributed by atoms with Crippen molar-refractivity contribution >= 4 is 90.4 Å². The molecular weight excluding hydrogens is 729 g/mol. The fourth-order valence-electron chi connectivity index (χ4n) is 5.47. The zero-order valence-electron chi connectivity index (χ0n) is 24.0. The second kappa shape index (κ2) is 10.3. The van der Waals surface area contributed by atoms with E-state index >= 15 is 0 Å². The molecule has 4 unspecified atom stereocenters. The Labute approximate surface area is 248 Å². The number of rotatable bonds is 9. The topological polar surface area (TPSA) is 188 Å². The number of hydrogen-bond donors (Lipinski definition) is 0. The van der Waals surface area contributed by atoms with E-state index in [2.05, 4.69) is 4.18 Å². The summed E-state index contributed by atoms with van der Waals surface area (Å²) >= 11 is 0. The van der Waals surface area contributed by atoms with E-state index in [-0.39, 0.29) is 12.1 Å². The van der Waals surface area contributed by atoms with E-state index < -0.39 is 102 Å². The van der Waals surface area contributed by atoms with E-state index in [4.69, 9.17) is 49.4 Å². The van der Waals surface area contributed by atoms with Gasteiger partial charge in [0.05, 0.1) is 18.6 Å². The lowest BCUT2D eigenvalue weighted by Gasteiger charge is -2.61. The zero-order valence-corrected chi connectivity index (χ0v) is 33.6. The maximum atomic E-state index is 12.5. The first-order valence-electron chi connectivity index (χ1n) is 12.9. The van der Waals surface area contributed by atoms with Gasteiger partial charge in [0.15, 0.2) is 0 Å². The summed E-state index contributed by atoms with van der Waals surface area (Å²) in [5.74, 6) is -0.972. The molecule has 8 bridgehead atoms. The summed E-state index contributed by atoms with van der Waals surface area (Å²) in [5.41, 5.74) is 0. The second-order valence-corrected chi connectivity index (χ2v) is 39.0. The summed E-state index contributed by atoms with van der Waals surface area (Å²) in [6.45, 7) is 9.93. The van der Waals surface area contributed by atoms with Crippen LogP contribution >= 0.6 is 0 Å². The first-order valence-corrected chi connectivity index (χ1v) is 33.5. The van der Waals surface area contributed by atoms with Gasteiger partial charge < -0.3 is 49.4 Å². The van der Waals surface area contributed by atoms with E-state index in [0.717, 1.165) is 13.4 Å². The fourth-order valence-corrected chi connectivity index (χ4v) is 55.9. The SMILES string of the molecule is CCC[Si]12O[Si]3(C)O[Si]4(C)O[Si](C)(O1)O[Si]1(CCS(C)(=O)=O)O[Si](C)(O[Si](C)(O3)O[Si](CCS(=O)(=O)OC)(O4)O1)O2. The Kier molecular flexibility index (Phi) is 8.42. The maximum absolute atomic E-state index is 12.5. The largest absolute Gasteiger partial charge is 0.479 e. The molecule has 17 nitrogen and oxygen atoms in total. The van der Waals surface area contributed by atoms with Crippen LogP contribution in [0.4, 0.5) is 0 Å². The fraction of sp³-hybridized carbons (Fsp3) is 1.00. The highest BCUT2D eigenvalue weighted by Gasteiger charge is 2.80. The van der Waals surface area contributed by atoms with Gasteiger partial charge in [-0.2, -0.15) is 8.42 Å². The molecule has 0 N–H and O–H groups in total. The molecule has 4 atom stereocenters. The molecule has 41 heavy (non-hydrogen) atoms. The predicted molar refractivity (Wildman–Crippen MR) is 154 cm³/mol. The third-order valence-electron chi connectivity index (χ3n) is 6.43. The van der Waals surface area contributed by atoms with Gasteiger partial charge in [0, 0.05) is 57.1 Å².